The van der Waals surface area contributed by atoms with Crippen LogP contribution in [0.2, 0.25) is 36.3 Å². The van der Waals surface area contributed by atoms with Crippen molar-refractivity contribution in [3.63, 3.8) is 0 Å². The van der Waals surface area contributed by atoms with Crippen LogP contribution in [0.5, 0.6) is 0 Å². The standard InChI is InChI=1S/C37H66O6Si2/c1-15-37(10,16-2)34(39)41-31-23-28(42-44(11,12)35(4,5)6)21-26-18-17-25(3)30(33(26)31)20-19-27-22-29(24-32(38)40-27)43-45(13,14)36(7,8)9/h17-18,21,25,27-31,33H,15-16,19-20,22-24H2,1-14H3/t25-,27+,28+,29+,30-,31-,33-/m0/s1. The summed E-state index contributed by atoms with van der Waals surface area (Å²) in [7, 11) is -4.05. The van der Waals surface area contributed by atoms with E-state index in [2.05, 4.69) is 107 Å². The molecule has 1 aliphatic heterocycles. The number of hydrogen-bond acceptors (Lipinski definition) is 6. The highest BCUT2D eigenvalue weighted by Gasteiger charge is 2.47. The zero-order chi connectivity index (χ0) is 34.2. The van der Waals surface area contributed by atoms with Crippen LogP contribution in [0.15, 0.2) is 23.8 Å². The van der Waals surface area contributed by atoms with Gasteiger partial charge in [-0.1, -0.05) is 80.5 Å². The van der Waals surface area contributed by atoms with Crippen LogP contribution in [-0.4, -0.2) is 53.0 Å². The van der Waals surface area contributed by atoms with E-state index >= 15 is 0 Å². The van der Waals surface area contributed by atoms with Crippen molar-refractivity contribution >= 4 is 28.6 Å². The van der Waals surface area contributed by atoms with Gasteiger partial charge in [0.2, 0.25) is 0 Å². The molecule has 8 heteroatoms. The fraction of sp³-hybridized carbons (Fsp3) is 0.838. The average molecular weight is 663 g/mol. The molecule has 1 heterocycles. The number of hydrogen-bond donors (Lipinski definition) is 0. The maximum atomic E-state index is 13.7. The molecule has 7 atom stereocenters. The molecule has 6 nitrogen and oxygen atoms in total. The van der Waals surface area contributed by atoms with E-state index in [9.17, 15) is 9.59 Å². The number of ether oxygens (including phenoxy) is 2. The lowest BCUT2D eigenvalue weighted by Crippen LogP contribution is -2.49. The number of allylic oxidation sites excluding steroid dienone is 2. The van der Waals surface area contributed by atoms with Crippen LogP contribution in [0.1, 0.15) is 114 Å². The van der Waals surface area contributed by atoms with Crippen molar-refractivity contribution in [1.82, 2.24) is 0 Å². The molecule has 0 saturated carbocycles. The summed E-state index contributed by atoms with van der Waals surface area (Å²) >= 11 is 0. The van der Waals surface area contributed by atoms with Gasteiger partial charge in [-0.05, 0) is 86.3 Å². The molecular formula is C37H66O6Si2. The molecule has 3 aliphatic rings. The number of carbonyl (C=O) groups excluding carboxylic acids is 2. The van der Waals surface area contributed by atoms with Crippen molar-refractivity contribution in [3.05, 3.63) is 23.8 Å². The van der Waals surface area contributed by atoms with Crippen molar-refractivity contribution in [2.24, 2.45) is 23.2 Å². The summed E-state index contributed by atoms with van der Waals surface area (Å²) in [4.78, 5) is 26.4. The molecule has 0 bridgehead atoms. The minimum absolute atomic E-state index is 0.0839. The van der Waals surface area contributed by atoms with Gasteiger partial charge in [0.05, 0.1) is 24.0 Å². The molecule has 1 fully saturated rings. The molecule has 0 N–H and O–H groups in total. The van der Waals surface area contributed by atoms with Crippen LogP contribution in [0.25, 0.3) is 0 Å². The quantitative estimate of drug-likeness (QED) is 0.162. The Balaban J connectivity index is 1.86. The molecule has 0 aromatic heterocycles. The minimum Gasteiger partial charge on any atom is -0.462 e. The van der Waals surface area contributed by atoms with Gasteiger partial charge in [-0.25, -0.2) is 0 Å². The Morgan fingerprint density at radius 1 is 0.911 bits per heavy atom. The van der Waals surface area contributed by atoms with Gasteiger partial charge < -0.3 is 18.3 Å². The zero-order valence-corrected chi connectivity index (χ0v) is 33.2. The van der Waals surface area contributed by atoms with Gasteiger partial charge in [-0.15, -0.1) is 0 Å². The Labute approximate surface area is 277 Å². The number of fused-ring (bicyclic) bond motifs is 1. The molecule has 45 heavy (non-hydrogen) atoms. The van der Waals surface area contributed by atoms with E-state index in [-0.39, 0.29) is 58.3 Å². The third-order valence-corrected chi connectivity index (χ3v) is 21.3. The van der Waals surface area contributed by atoms with Crippen LogP contribution >= 0.6 is 0 Å². The van der Waals surface area contributed by atoms with E-state index in [4.69, 9.17) is 18.3 Å². The van der Waals surface area contributed by atoms with Crippen LogP contribution < -0.4 is 0 Å². The molecule has 3 rings (SSSR count). The summed E-state index contributed by atoms with van der Waals surface area (Å²) in [5, 5.41) is 0.169. The monoisotopic (exact) mass is 662 g/mol. The van der Waals surface area contributed by atoms with E-state index in [1.165, 1.54) is 5.57 Å². The van der Waals surface area contributed by atoms with E-state index in [1.54, 1.807) is 0 Å². The lowest BCUT2D eigenvalue weighted by molar-refractivity contribution is -0.167. The fourth-order valence-corrected chi connectivity index (χ4v) is 9.15. The summed E-state index contributed by atoms with van der Waals surface area (Å²) in [6.07, 6.45) is 11.2. The van der Waals surface area contributed by atoms with Crippen molar-refractivity contribution in [2.45, 2.75) is 175 Å². The first kappa shape index (κ1) is 38.2. The van der Waals surface area contributed by atoms with Crippen LogP contribution in [0.4, 0.5) is 0 Å². The lowest BCUT2D eigenvalue weighted by Gasteiger charge is -2.46. The van der Waals surface area contributed by atoms with Gasteiger partial charge >= 0.3 is 11.9 Å². The van der Waals surface area contributed by atoms with Gasteiger partial charge in [-0.3, -0.25) is 9.59 Å². The van der Waals surface area contributed by atoms with Gasteiger partial charge in [0.25, 0.3) is 0 Å². The number of esters is 2. The maximum absolute atomic E-state index is 13.7. The Morgan fingerprint density at radius 3 is 2.04 bits per heavy atom. The highest BCUT2D eigenvalue weighted by atomic mass is 28.4. The molecular weight excluding hydrogens is 597 g/mol. The summed E-state index contributed by atoms with van der Waals surface area (Å²) in [6, 6.07) is 0. The first-order valence-corrected chi connectivity index (χ1v) is 23.5. The highest BCUT2D eigenvalue weighted by molar-refractivity contribution is 6.74. The molecule has 0 spiro atoms. The Kier molecular flexibility index (Phi) is 12.0. The number of cyclic esters (lactones) is 1. The molecule has 0 unspecified atom stereocenters. The first-order valence-electron chi connectivity index (χ1n) is 17.7. The fourth-order valence-electron chi connectivity index (χ4n) is 6.51. The molecule has 0 aromatic carbocycles. The third kappa shape index (κ3) is 9.02. The first-order chi connectivity index (χ1) is 20.5. The maximum Gasteiger partial charge on any atom is 0.312 e. The van der Waals surface area contributed by atoms with Gasteiger partial charge in [0.15, 0.2) is 16.6 Å². The number of rotatable bonds is 11. The summed E-state index contributed by atoms with van der Waals surface area (Å²) < 4.78 is 26.1. The Morgan fingerprint density at radius 2 is 1.49 bits per heavy atom. The molecule has 258 valence electrons. The highest BCUT2D eigenvalue weighted by Crippen LogP contribution is 2.47. The minimum atomic E-state index is -2.05. The van der Waals surface area contributed by atoms with Crippen molar-refractivity contribution < 1.29 is 27.9 Å². The van der Waals surface area contributed by atoms with Gasteiger partial charge in [0, 0.05) is 18.8 Å². The summed E-state index contributed by atoms with van der Waals surface area (Å²) in [5.74, 6) is 0.416. The summed E-state index contributed by atoms with van der Waals surface area (Å²) in [6.45, 7) is 31.0. The van der Waals surface area contributed by atoms with E-state index in [0.29, 0.717) is 18.8 Å². The predicted octanol–water partition coefficient (Wildman–Crippen LogP) is 9.76. The molecule has 0 amide bonds. The van der Waals surface area contributed by atoms with Gasteiger partial charge in [-0.2, -0.15) is 0 Å². The van der Waals surface area contributed by atoms with E-state index in [1.807, 2.05) is 6.92 Å². The average Bonchev–Trinajstić information content (AvgIpc) is 2.90. The largest absolute Gasteiger partial charge is 0.462 e. The smallest absolute Gasteiger partial charge is 0.312 e. The third-order valence-electron chi connectivity index (χ3n) is 12.2. The second-order valence-corrected chi connectivity index (χ2v) is 27.1. The Bertz CT molecular complexity index is 1110. The molecule has 0 radical (unpaired) electrons. The molecule has 0 aromatic rings. The van der Waals surface area contributed by atoms with Crippen LogP contribution in [-0.2, 0) is 27.9 Å². The molecule has 2 aliphatic carbocycles. The molecule has 1 saturated heterocycles. The van der Waals surface area contributed by atoms with Crippen LogP contribution in [0.3, 0.4) is 0 Å². The summed E-state index contributed by atoms with van der Waals surface area (Å²) in [5.41, 5.74) is 0.721. The second-order valence-electron chi connectivity index (χ2n) is 17.6. The lowest BCUT2D eigenvalue weighted by atomic mass is 9.66. The van der Waals surface area contributed by atoms with E-state index < -0.39 is 22.0 Å². The SMILES string of the molecule is CCC(C)(CC)C(=O)O[C@H]1C[C@H](O[Si](C)(C)C(C)(C)C)C=C2C=C[C@H](C)[C@H](CC[C@@H]3C[C@@H](O[Si](C)(C)C(C)(C)C)CC(=O)O3)[C@H]21. The normalized spacial score (nSPS) is 30.0. The second kappa shape index (κ2) is 14.1. The van der Waals surface area contributed by atoms with Crippen molar-refractivity contribution in [3.8, 4) is 0 Å². The topological polar surface area (TPSA) is 71.1 Å². The van der Waals surface area contributed by atoms with E-state index in [0.717, 1.165) is 32.1 Å². The van der Waals surface area contributed by atoms with Crippen molar-refractivity contribution in [1.29, 1.82) is 0 Å². The number of carbonyl (C=O) groups is 2. The predicted molar refractivity (Wildman–Crippen MR) is 189 cm³/mol. The van der Waals surface area contributed by atoms with Crippen LogP contribution in [0, 0.1) is 23.2 Å². The zero-order valence-electron chi connectivity index (χ0n) is 31.2. The Hall–Kier alpha value is -1.23. The van der Waals surface area contributed by atoms with Crippen molar-refractivity contribution in [2.75, 3.05) is 0 Å². The van der Waals surface area contributed by atoms with Gasteiger partial charge in [0.1, 0.15) is 12.2 Å².